The molecule has 2 aliphatic rings. The third-order valence-corrected chi connectivity index (χ3v) is 6.49. The molecule has 32 heavy (non-hydrogen) atoms. The van der Waals surface area contributed by atoms with Gasteiger partial charge >= 0.3 is 0 Å². The van der Waals surface area contributed by atoms with Crippen LogP contribution in [-0.2, 0) is 11.3 Å². The van der Waals surface area contributed by atoms with Crippen molar-refractivity contribution in [2.24, 2.45) is 5.92 Å². The molecule has 0 radical (unpaired) electrons. The molecule has 0 unspecified atom stereocenters. The van der Waals surface area contributed by atoms with Crippen molar-refractivity contribution in [3.63, 3.8) is 0 Å². The minimum absolute atomic E-state index is 0.136. The number of hydrogen-bond acceptors (Lipinski definition) is 4. The van der Waals surface area contributed by atoms with Crippen LogP contribution in [0.2, 0.25) is 0 Å². The Bertz CT molecular complexity index is 1000. The van der Waals surface area contributed by atoms with Crippen LogP contribution in [-0.4, -0.2) is 52.3 Å². The van der Waals surface area contributed by atoms with E-state index in [-0.39, 0.29) is 23.7 Å². The van der Waals surface area contributed by atoms with Crippen LogP contribution in [0.25, 0.3) is 0 Å². The SMILES string of the molecule is Cc1ccc(C(=O)Nc2cc(F)cc(CN3CCN(C(=O)CC4CC4)[C@@H](C)C3)c2C)cn1. The number of carbonyl (C=O) groups excluding carboxylic acids is 2. The van der Waals surface area contributed by atoms with Gasteiger partial charge in [0, 0.05) is 56.2 Å². The number of halogens is 1. The maximum absolute atomic E-state index is 14.4. The van der Waals surface area contributed by atoms with Crippen molar-refractivity contribution in [3.8, 4) is 0 Å². The second-order valence-corrected chi connectivity index (χ2v) is 9.20. The first kappa shape index (κ1) is 22.4. The molecule has 7 heteroatoms. The molecular formula is C25H31FN4O2. The largest absolute Gasteiger partial charge is 0.337 e. The summed E-state index contributed by atoms with van der Waals surface area (Å²) in [6.45, 7) is 8.62. The number of nitrogens with zero attached hydrogens (tertiary/aromatic N) is 3. The highest BCUT2D eigenvalue weighted by atomic mass is 19.1. The fourth-order valence-electron chi connectivity index (χ4n) is 4.30. The third-order valence-electron chi connectivity index (χ3n) is 6.49. The molecule has 4 rings (SSSR count). The summed E-state index contributed by atoms with van der Waals surface area (Å²) < 4.78 is 14.4. The molecule has 6 nitrogen and oxygen atoms in total. The normalized spacial score (nSPS) is 19.1. The maximum Gasteiger partial charge on any atom is 0.257 e. The predicted molar refractivity (Wildman–Crippen MR) is 122 cm³/mol. The summed E-state index contributed by atoms with van der Waals surface area (Å²) in [4.78, 5) is 33.5. The van der Waals surface area contributed by atoms with Gasteiger partial charge in [-0.25, -0.2) is 4.39 Å². The number of benzene rings is 1. The summed E-state index contributed by atoms with van der Waals surface area (Å²) >= 11 is 0. The molecule has 1 aliphatic carbocycles. The topological polar surface area (TPSA) is 65.5 Å². The predicted octanol–water partition coefficient (Wildman–Crippen LogP) is 3.92. The molecule has 0 bridgehead atoms. The van der Waals surface area contributed by atoms with Crippen molar-refractivity contribution in [1.29, 1.82) is 0 Å². The Morgan fingerprint density at radius 1 is 1.19 bits per heavy atom. The Hall–Kier alpha value is -2.80. The molecule has 170 valence electrons. The Labute approximate surface area is 188 Å². The minimum atomic E-state index is -0.380. The second kappa shape index (κ2) is 9.36. The first-order valence-electron chi connectivity index (χ1n) is 11.3. The van der Waals surface area contributed by atoms with Gasteiger partial charge in [0.25, 0.3) is 5.91 Å². The summed E-state index contributed by atoms with van der Waals surface area (Å²) in [7, 11) is 0. The van der Waals surface area contributed by atoms with E-state index < -0.39 is 0 Å². The van der Waals surface area contributed by atoms with E-state index in [1.54, 1.807) is 12.1 Å². The van der Waals surface area contributed by atoms with Crippen molar-refractivity contribution in [2.45, 2.75) is 52.6 Å². The van der Waals surface area contributed by atoms with Gasteiger partial charge in [0.1, 0.15) is 5.82 Å². The highest BCUT2D eigenvalue weighted by Gasteiger charge is 2.32. The number of aryl methyl sites for hydroxylation is 1. The lowest BCUT2D eigenvalue weighted by atomic mass is 10.0. The lowest BCUT2D eigenvalue weighted by Crippen LogP contribution is -2.53. The minimum Gasteiger partial charge on any atom is -0.337 e. The molecule has 1 saturated carbocycles. The Kier molecular flexibility index (Phi) is 6.55. The Morgan fingerprint density at radius 2 is 1.97 bits per heavy atom. The van der Waals surface area contributed by atoms with Crippen LogP contribution < -0.4 is 5.32 Å². The molecule has 0 spiro atoms. The number of anilines is 1. The number of pyridine rings is 1. The van der Waals surface area contributed by atoms with Crippen molar-refractivity contribution in [3.05, 3.63) is 58.7 Å². The molecule has 1 aliphatic heterocycles. The molecule has 1 aromatic carbocycles. The van der Waals surface area contributed by atoms with Crippen molar-refractivity contribution in [2.75, 3.05) is 25.0 Å². The van der Waals surface area contributed by atoms with Gasteiger partial charge in [0.05, 0.1) is 5.56 Å². The fourth-order valence-corrected chi connectivity index (χ4v) is 4.30. The van der Waals surface area contributed by atoms with Gasteiger partial charge in [0.15, 0.2) is 0 Å². The fraction of sp³-hybridized carbons (Fsp3) is 0.480. The average molecular weight is 439 g/mol. The van der Waals surface area contributed by atoms with Crippen LogP contribution >= 0.6 is 0 Å². The van der Waals surface area contributed by atoms with E-state index in [9.17, 15) is 14.0 Å². The van der Waals surface area contributed by atoms with Gasteiger partial charge in [0.2, 0.25) is 5.91 Å². The Morgan fingerprint density at radius 3 is 2.62 bits per heavy atom. The van der Waals surface area contributed by atoms with Gasteiger partial charge in [-0.2, -0.15) is 0 Å². The number of aromatic nitrogens is 1. The zero-order chi connectivity index (χ0) is 22.8. The molecule has 2 fully saturated rings. The zero-order valence-corrected chi connectivity index (χ0v) is 19.0. The van der Waals surface area contributed by atoms with Crippen LogP contribution in [0, 0.1) is 25.6 Å². The van der Waals surface area contributed by atoms with E-state index in [1.807, 2.05) is 18.7 Å². The quantitative estimate of drug-likeness (QED) is 0.742. The van der Waals surface area contributed by atoms with Gasteiger partial charge in [-0.15, -0.1) is 0 Å². The lowest BCUT2D eigenvalue weighted by molar-refractivity contribution is -0.136. The van der Waals surface area contributed by atoms with E-state index in [1.165, 1.54) is 31.2 Å². The number of rotatable bonds is 6. The van der Waals surface area contributed by atoms with E-state index in [0.29, 0.717) is 36.7 Å². The standard InChI is InChI=1S/C25H31FN4O2/c1-16-4-7-20(13-27-16)25(32)28-23-12-22(26)11-21(18(23)3)15-29-8-9-30(17(2)14-29)24(31)10-19-5-6-19/h4,7,11-13,17,19H,5-6,8-10,14-15H2,1-3H3,(H,28,32)/t17-/m0/s1. The van der Waals surface area contributed by atoms with Gasteiger partial charge in [-0.1, -0.05) is 0 Å². The number of amides is 2. The zero-order valence-electron chi connectivity index (χ0n) is 19.0. The molecular weight excluding hydrogens is 407 g/mol. The van der Waals surface area contributed by atoms with Crippen LogP contribution in [0.3, 0.4) is 0 Å². The lowest BCUT2D eigenvalue weighted by Gasteiger charge is -2.40. The van der Waals surface area contributed by atoms with E-state index in [4.69, 9.17) is 0 Å². The molecule has 2 amide bonds. The number of nitrogens with one attached hydrogen (secondary N) is 1. The first-order chi connectivity index (χ1) is 15.3. The van der Waals surface area contributed by atoms with Crippen molar-refractivity contribution < 1.29 is 14.0 Å². The first-order valence-corrected chi connectivity index (χ1v) is 11.3. The Balaban J connectivity index is 1.41. The summed E-state index contributed by atoms with van der Waals surface area (Å²) in [5, 5.41) is 2.83. The molecule has 1 N–H and O–H groups in total. The summed E-state index contributed by atoms with van der Waals surface area (Å²) in [5.41, 5.74) is 3.42. The molecule has 1 atom stereocenters. The number of carbonyl (C=O) groups is 2. The van der Waals surface area contributed by atoms with Crippen molar-refractivity contribution in [1.82, 2.24) is 14.8 Å². The van der Waals surface area contributed by atoms with Crippen LogP contribution in [0.5, 0.6) is 0 Å². The smallest absolute Gasteiger partial charge is 0.257 e. The average Bonchev–Trinajstić information content (AvgIpc) is 3.56. The van der Waals surface area contributed by atoms with E-state index in [2.05, 4.69) is 22.1 Å². The van der Waals surface area contributed by atoms with Crippen LogP contribution in [0.15, 0.2) is 30.5 Å². The van der Waals surface area contributed by atoms with E-state index in [0.717, 1.165) is 29.9 Å². The molecule has 2 aromatic rings. The molecule has 1 aromatic heterocycles. The number of hydrogen-bond donors (Lipinski definition) is 1. The van der Waals surface area contributed by atoms with Crippen LogP contribution in [0.1, 0.15) is 53.4 Å². The molecule has 2 heterocycles. The van der Waals surface area contributed by atoms with Crippen LogP contribution in [0.4, 0.5) is 10.1 Å². The van der Waals surface area contributed by atoms with E-state index >= 15 is 0 Å². The van der Waals surface area contributed by atoms with Crippen molar-refractivity contribution >= 4 is 17.5 Å². The molecule has 1 saturated heterocycles. The monoisotopic (exact) mass is 438 g/mol. The second-order valence-electron chi connectivity index (χ2n) is 9.20. The summed E-state index contributed by atoms with van der Waals surface area (Å²) in [5.74, 6) is 0.159. The highest BCUT2D eigenvalue weighted by molar-refractivity contribution is 6.04. The third kappa shape index (κ3) is 5.33. The summed E-state index contributed by atoms with van der Waals surface area (Å²) in [6, 6.07) is 6.51. The number of piperazine rings is 1. The summed E-state index contributed by atoms with van der Waals surface area (Å²) in [6.07, 6.45) is 4.55. The van der Waals surface area contributed by atoms with Gasteiger partial charge in [-0.3, -0.25) is 19.5 Å². The maximum atomic E-state index is 14.4. The highest BCUT2D eigenvalue weighted by Crippen LogP contribution is 2.33. The van der Waals surface area contributed by atoms with Gasteiger partial charge in [-0.05, 0) is 74.9 Å². The van der Waals surface area contributed by atoms with Gasteiger partial charge < -0.3 is 10.2 Å².